The molecule has 1 aliphatic heterocycles. The number of methoxy groups -OCH3 is 1. The number of hydrogen-bond donors (Lipinski definition) is 0. The van der Waals surface area contributed by atoms with E-state index in [1.165, 1.54) is 11.1 Å². The van der Waals surface area contributed by atoms with E-state index in [1.807, 2.05) is 11.0 Å². The van der Waals surface area contributed by atoms with Gasteiger partial charge < -0.3 is 9.64 Å². The molecule has 2 rings (SSSR count). The molecule has 0 radical (unpaired) electrons. The Morgan fingerprint density at radius 2 is 2.15 bits per heavy atom. The fourth-order valence-corrected chi connectivity index (χ4v) is 2.81. The molecule has 0 fully saturated rings. The summed E-state index contributed by atoms with van der Waals surface area (Å²) in [4.78, 5) is 14.5. The molecule has 0 spiro atoms. The second-order valence-electron chi connectivity index (χ2n) is 5.99. The maximum atomic E-state index is 12.5. The van der Waals surface area contributed by atoms with E-state index in [0.717, 1.165) is 37.2 Å². The Morgan fingerprint density at radius 3 is 2.80 bits per heavy atom. The highest BCUT2D eigenvalue weighted by molar-refractivity contribution is 5.96. The van der Waals surface area contributed by atoms with Crippen LogP contribution in [-0.4, -0.2) is 19.6 Å². The molecular formula is C17H25NO2. The summed E-state index contributed by atoms with van der Waals surface area (Å²) >= 11 is 0. The van der Waals surface area contributed by atoms with Crippen LogP contribution in [0.5, 0.6) is 5.75 Å². The molecule has 0 bridgehead atoms. The molecule has 0 saturated heterocycles. The number of hydrogen-bond acceptors (Lipinski definition) is 2. The Bertz CT molecular complexity index is 494. The normalized spacial score (nSPS) is 14.3. The summed E-state index contributed by atoms with van der Waals surface area (Å²) in [5.74, 6) is 1.61. The van der Waals surface area contributed by atoms with Crippen molar-refractivity contribution >= 4 is 11.6 Å². The van der Waals surface area contributed by atoms with E-state index in [1.54, 1.807) is 7.11 Å². The van der Waals surface area contributed by atoms with Crippen LogP contribution in [0.4, 0.5) is 5.69 Å². The number of ether oxygens (including phenoxy) is 1. The fraction of sp³-hybridized carbons (Fsp3) is 0.588. The number of rotatable bonds is 4. The summed E-state index contributed by atoms with van der Waals surface area (Å²) in [6, 6.07) is 4.06. The Balaban J connectivity index is 2.31. The van der Waals surface area contributed by atoms with Gasteiger partial charge in [0.1, 0.15) is 5.75 Å². The zero-order chi connectivity index (χ0) is 14.7. The Hall–Kier alpha value is -1.51. The van der Waals surface area contributed by atoms with E-state index in [0.29, 0.717) is 12.3 Å². The molecule has 0 aliphatic carbocycles. The van der Waals surface area contributed by atoms with Gasteiger partial charge in [-0.3, -0.25) is 4.79 Å². The summed E-state index contributed by atoms with van der Waals surface area (Å²) in [5, 5.41) is 0. The number of anilines is 1. The molecule has 0 saturated carbocycles. The predicted molar refractivity (Wildman–Crippen MR) is 82.5 cm³/mol. The van der Waals surface area contributed by atoms with E-state index < -0.39 is 0 Å². The molecule has 3 nitrogen and oxygen atoms in total. The van der Waals surface area contributed by atoms with Crippen molar-refractivity contribution in [3.63, 3.8) is 0 Å². The monoisotopic (exact) mass is 275 g/mol. The van der Waals surface area contributed by atoms with Crippen LogP contribution in [0, 0.1) is 12.8 Å². The summed E-state index contributed by atoms with van der Waals surface area (Å²) in [5.41, 5.74) is 3.53. The molecule has 1 aliphatic rings. The first-order chi connectivity index (χ1) is 9.54. The number of amides is 1. The number of carbonyl (C=O) groups excluding carboxylic acids is 1. The van der Waals surface area contributed by atoms with Crippen molar-refractivity contribution in [3.05, 3.63) is 23.3 Å². The van der Waals surface area contributed by atoms with Crippen LogP contribution in [-0.2, 0) is 11.2 Å². The van der Waals surface area contributed by atoms with Crippen molar-refractivity contribution in [2.45, 2.75) is 46.5 Å². The maximum absolute atomic E-state index is 12.5. The van der Waals surface area contributed by atoms with Crippen LogP contribution >= 0.6 is 0 Å². The van der Waals surface area contributed by atoms with Crippen LogP contribution in [0.2, 0.25) is 0 Å². The zero-order valence-corrected chi connectivity index (χ0v) is 13.0. The molecule has 1 aromatic rings. The maximum Gasteiger partial charge on any atom is 0.227 e. The van der Waals surface area contributed by atoms with Gasteiger partial charge in [-0.1, -0.05) is 19.9 Å². The Kier molecular flexibility index (Phi) is 4.69. The van der Waals surface area contributed by atoms with E-state index >= 15 is 0 Å². The average Bonchev–Trinajstić information content (AvgIpc) is 2.45. The van der Waals surface area contributed by atoms with Crippen molar-refractivity contribution in [3.8, 4) is 5.75 Å². The van der Waals surface area contributed by atoms with Gasteiger partial charge >= 0.3 is 0 Å². The first-order valence-electron chi connectivity index (χ1n) is 7.51. The lowest BCUT2D eigenvalue weighted by atomic mass is 9.95. The second kappa shape index (κ2) is 6.29. The molecule has 3 heteroatoms. The number of fused-ring (bicyclic) bond motifs is 1. The first kappa shape index (κ1) is 14.9. The molecule has 0 aromatic heterocycles. The third-order valence-corrected chi connectivity index (χ3v) is 4.01. The zero-order valence-electron chi connectivity index (χ0n) is 13.0. The van der Waals surface area contributed by atoms with Crippen molar-refractivity contribution in [2.24, 2.45) is 5.92 Å². The van der Waals surface area contributed by atoms with E-state index in [9.17, 15) is 4.79 Å². The topological polar surface area (TPSA) is 29.5 Å². The summed E-state index contributed by atoms with van der Waals surface area (Å²) in [6.45, 7) is 7.23. The molecule has 110 valence electrons. The van der Waals surface area contributed by atoms with E-state index in [-0.39, 0.29) is 5.91 Å². The highest BCUT2D eigenvalue weighted by Crippen LogP contribution is 2.38. The lowest BCUT2D eigenvalue weighted by Crippen LogP contribution is -2.36. The molecule has 0 N–H and O–H groups in total. The van der Waals surface area contributed by atoms with Crippen LogP contribution in [0.25, 0.3) is 0 Å². The van der Waals surface area contributed by atoms with Crippen molar-refractivity contribution < 1.29 is 9.53 Å². The highest BCUT2D eigenvalue weighted by Gasteiger charge is 2.26. The van der Waals surface area contributed by atoms with Gasteiger partial charge in [0.05, 0.1) is 12.8 Å². The number of carbonyl (C=O) groups is 1. The van der Waals surface area contributed by atoms with Gasteiger partial charge in [0.2, 0.25) is 5.91 Å². The standard InChI is InChI=1S/C17H25NO2/c1-12(2)7-10-16(19)18-11-5-6-14-13(3)8-9-15(20-4)17(14)18/h8-9,12H,5-7,10-11H2,1-4H3. The largest absolute Gasteiger partial charge is 0.495 e. The van der Waals surface area contributed by atoms with E-state index in [2.05, 4.69) is 26.8 Å². The predicted octanol–water partition coefficient (Wildman–Crippen LogP) is 3.72. The summed E-state index contributed by atoms with van der Waals surface area (Å²) < 4.78 is 5.48. The van der Waals surface area contributed by atoms with Gasteiger partial charge in [-0.25, -0.2) is 0 Å². The van der Waals surface area contributed by atoms with Gasteiger partial charge in [-0.15, -0.1) is 0 Å². The molecule has 0 atom stereocenters. The van der Waals surface area contributed by atoms with Crippen LogP contribution in [0.1, 0.15) is 44.2 Å². The third-order valence-electron chi connectivity index (χ3n) is 4.01. The van der Waals surface area contributed by atoms with Crippen molar-refractivity contribution in [1.82, 2.24) is 0 Å². The van der Waals surface area contributed by atoms with Gasteiger partial charge in [0, 0.05) is 13.0 Å². The number of aryl methyl sites for hydroxylation is 1. The molecule has 1 amide bonds. The third kappa shape index (κ3) is 2.97. The quantitative estimate of drug-likeness (QED) is 0.838. The highest BCUT2D eigenvalue weighted by atomic mass is 16.5. The smallest absolute Gasteiger partial charge is 0.227 e. The molecule has 0 unspecified atom stereocenters. The lowest BCUT2D eigenvalue weighted by molar-refractivity contribution is -0.119. The van der Waals surface area contributed by atoms with Crippen LogP contribution in [0.15, 0.2) is 12.1 Å². The fourth-order valence-electron chi connectivity index (χ4n) is 2.81. The summed E-state index contributed by atoms with van der Waals surface area (Å²) in [6.07, 6.45) is 3.63. The Morgan fingerprint density at radius 1 is 1.40 bits per heavy atom. The summed E-state index contributed by atoms with van der Waals surface area (Å²) in [7, 11) is 1.68. The Labute approximate surface area is 121 Å². The average molecular weight is 275 g/mol. The molecular weight excluding hydrogens is 250 g/mol. The van der Waals surface area contributed by atoms with Crippen molar-refractivity contribution in [2.75, 3.05) is 18.6 Å². The van der Waals surface area contributed by atoms with Crippen LogP contribution in [0.3, 0.4) is 0 Å². The number of benzene rings is 1. The number of nitrogens with zero attached hydrogens (tertiary/aromatic N) is 1. The molecule has 20 heavy (non-hydrogen) atoms. The minimum atomic E-state index is 0.226. The van der Waals surface area contributed by atoms with Crippen molar-refractivity contribution in [1.29, 1.82) is 0 Å². The second-order valence-corrected chi connectivity index (χ2v) is 5.99. The van der Waals surface area contributed by atoms with Gasteiger partial charge in [0.25, 0.3) is 0 Å². The van der Waals surface area contributed by atoms with Gasteiger partial charge in [0.15, 0.2) is 0 Å². The first-order valence-corrected chi connectivity index (χ1v) is 7.51. The van der Waals surface area contributed by atoms with Gasteiger partial charge in [-0.2, -0.15) is 0 Å². The van der Waals surface area contributed by atoms with E-state index in [4.69, 9.17) is 4.74 Å². The SMILES string of the molecule is COc1ccc(C)c2c1N(C(=O)CCC(C)C)CCC2. The molecule has 1 heterocycles. The van der Waals surface area contributed by atoms with Gasteiger partial charge in [-0.05, 0) is 49.3 Å². The minimum absolute atomic E-state index is 0.226. The minimum Gasteiger partial charge on any atom is -0.495 e. The lowest BCUT2D eigenvalue weighted by Gasteiger charge is -2.32. The molecule has 1 aromatic carbocycles. The van der Waals surface area contributed by atoms with Crippen LogP contribution < -0.4 is 9.64 Å².